The van der Waals surface area contributed by atoms with Crippen LogP contribution in [0.4, 0.5) is 0 Å². The van der Waals surface area contributed by atoms with E-state index in [0.29, 0.717) is 26.1 Å². The molecule has 2 amide bonds. The molecule has 4 heteroatoms. The summed E-state index contributed by atoms with van der Waals surface area (Å²) in [5, 5.41) is 2.89. The number of nitrogens with one attached hydrogen (secondary N) is 1. The summed E-state index contributed by atoms with van der Waals surface area (Å²) in [5.41, 5.74) is 1.07. The molecule has 1 aromatic rings. The van der Waals surface area contributed by atoms with Crippen molar-refractivity contribution in [3.05, 3.63) is 35.9 Å². The molecular weight excluding hydrogens is 228 g/mol. The second-order valence-electron chi connectivity index (χ2n) is 4.54. The highest BCUT2D eigenvalue weighted by Gasteiger charge is 2.32. The van der Waals surface area contributed by atoms with Gasteiger partial charge in [-0.05, 0) is 12.5 Å². The average molecular weight is 246 g/mol. The van der Waals surface area contributed by atoms with Crippen molar-refractivity contribution in [1.29, 1.82) is 0 Å². The topological polar surface area (TPSA) is 49.4 Å². The minimum atomic E-state index is -0.193. The summed E-state index contributed by atoms with van der Waals surface area (Å²) in [6.45, 7) is 3.69. The van der Waals surface area contributed by atoms with Crippen LogP contribution in [0.2, 0.25) is 0 Å². The Balaban J connectivity index is 1.84. The van der Waals surface area contributed by atoms with E-state index in [1.54, 1.807) is 4.90 Å². The van der Waals surface area contributed by atoms with Gasteiger partial charge in [0.2, 0.25) is 11.8 Å². The lowest BCUT2D eigenvalue weighted by atomic mass is 10.1. The van der Waals surface area contributed by atoms with Crippen molar-refractivity contribution in [3.8, 4) is 0 Å². The maximum absolute atomic E-state index is 11.9. The SMILES string of the molecule is CCN1CC(C(=O)NCc2ccccc2)CC1=O. The van der Waals surface area contributed by atoms with E-state index in [9.17, 15) is 9.59 Å². The molecule has 1 aliphatic rings. The Kier molecular flexibility index (Phi) is 3.97. The van der Waals surface area contributed by atoms with E-state index in [1.807, 2.05) is 37.3 Å². The Hall–Kier alpha value is -1.84. The number of nitrogens with zero attached hydrogens (tertiary/aromatic N) is 1. The molecule has 0 radical (unpaired) electrons. The smallest absolute Gasteiger partial charge is 0.225 e. The minimum Gasteiger partial charge on any atom is -0.352 e. The zero-order valence-corrected chi connectivity index (χ0v) is 10.6. The molecule has 1 saturated heterocycles. The minimum absolute atomic E-state index is 0.0249. The number of likely N-dealkylation sites (tertiary alicyclic amines) is 1. The molecule has 1 fully saturated rings. The van der Waals surface area contributed by atoms with Gasteiger partial charge in [-0.1, -0.05) is 30.3 Å². The van der Waals surface area contributed by atoms with E-state index in [0.717, 1.165) is 5.56 Å². The normalized spacial score (nSPS) is 19.1. The number of rotatable bonds is 4. The van der Waals surface area contributed by atoms with Gasteiger partial charge in [0.25, 0.3) is 0 Å². The Morgan fingerprint density at radius 1 is 1.39 bits per heavy atom. The van der Waals surface area contributed by atoms with Crippen LogP contribution in [0, 0.1) is 5.92 Å². The quantitative estimate of drug-likeness (QED) is 0.867. The monoisotopic (exact) mass is 246 g/mol. The predicted molar refractivity (Wildman–Crippen MR) is 68.6 cm³/mol. The maximum Gasteiger partial charge on any atom is 0.225 e. The van der Waals surface area contributed by atoms with E-state index in [-0.39, 0.29) is 17.7 Å². The molecule has 1 N–H and O–H groups in total. The van der Waals surface area contributed by atoms with Crippen molar-refractivity contribution in [3.63, 3.8) is 0 Å². The van der Waals surface area contributed by atoms with Crippen LogP contribution in [0.5, 0.6) is 0 Å². The molecule has 0 saturated carbocycles. The number of carbonyl (C=O) groups excluding carboxylic acids is 2. The van der Waals surface area contributed by atoms with Crippen LogP contribution in [0.1, 0.15) is 18.9 Å². The van der Waals surface area contributed by atoms with Crippen molar-refractivity contribution < 1.29 is 9.59 Å². The molecule has 0 aromatic heterocycles. The van der Waals surface area contributed by atoms with Crippen molar-refractivity contribution in [2.75, 3.05) is 13.1 Å². The third-order valence-corrected chi connectivity index (χ3v) is 3.28. The molecule has 0 aliphatic carbocycles. The highest BCUT2D eigenvalue weighted by Crippen LogP contribution is 2.17. The zero-order valence-electron chi connectivity index (χ0n) is 10.6. The van der Waals surface area contributed by atoms with Crippen LogP contribution in [0.25, 0.3) is 0 Å². The average Bonchev–Trinajstić information content (AvgIpc) is 2.78. The summed E-state index contributed by atoms with van der Waals surface area (Å²) in [7, 11) is 0. The van der Waals surface area contributed by atoms with Gasteiger partial charge in [0.15, 0.2) is 0 Å². The molecule has 18 heavy (non-hydrogen) atoms. The van der Waals surface area contributed by atoms with E-state index in [1.165, 1.54) is 0 Å². The number of hydrogen-bond donors (Lipinski definition) is 1. The predicted octanol–water partition coefficient (Wildman–Crippen LogP) is 1.17. The molecule has 1 heterocycles. The summed E-state index contributed by atoms with van der Waals surface area (Å²) in [5.74, 6) is -0.137. The fourth-order valence-corrected chi connectivity index (χ4v) is 2.18. The zero-order chi connectivity index (χ0) is 13.0. The van der Waals surface area contributed by atoms with Crippen molar-refractivity contribution >= 4 is 11.8 Å². The Morgan fingerprint density at radius 2 is 2.11 bits per heavy atom. The van der Waals surface area contributed by atoms with E-state index in [4.69, 9.17) is 0 Å². The third-order valence-electron chi connectivity index (χ3n) is 3.28. The summed E-state index contributed by atoms with van der Waals surface area (Å²) in [6, 6.07) is 9.77. The first-order valence-corrected chi connectivity index (χ1v) is 6.30. The second-order valence-corrected chi connectivity index (χ2v) is 4.54. The fourth-order valence-electron chi connectivity index (χ4n) is 2.18. The summed E-state index contributed by atoms with van der Waals surface area (Å²) >= 11 is 0. The lowest BCUT2D eigenvalue weighted by Crippen LogP contribution is -2.32. The van der Waals surface area contributed by atoms with E-state index in [2.05, 4.69) is 5.32 Å². The Bertz CT molecular complexity index is 431. The fraction of sp³-hybridized carbons (Fsp3) is 0.429. The largest absolute Gasteiger partial charge is 0.352 e. The highest BCUT2D eigenvalue weighted by atomic mass is 16.2. The van der Waals surface area contributed by atoms with Gasteiger partial charge in [0, 0.05) is 26.1 Å². The maximum atomic E-state index is 11.9. The Labute approximate surface area is 107 Å². The van der Waals surface area contributed by atoms with Gasteiger partial charge in [-0.2, -0.15) is 0 Å². The van der Waals surface area contributed by atoms with Gasteiger partial charge in [0.1, 0.15) is 0 Å². The van der Waals surface area contributed by atoms with Crippen LogP contribution < -0.4 is 5.32 Å². The van der Waals surface area contributed by atoms with Crippen molar-refractivity contribution in [2.45, 2.75) is 19.9 Å². The first-order chi connectivity index (χ1) is 8.70. The lowest BCUT2D eigenvalue weighted by molar-refractivity contribution is -0.128. The Morgan fingerprint density at radius 3 is 2.72 bits per heavy atom. The van der Waals surface area contributed by atoms with Crippen LogP contribution in [0.3, 0.4) is 0 Å². The summed E-state index contributed by atoms with van der Waals surface area (Å²) in [4.78, 5) is 25.2. The molecule has 1 aliphatic heterocycles. The first-order valence-electron chi connectivity index (χ1n) is 6.30. The molecule has 0 spiro atoms. The first kappa shape index (κ1) is 12.6. The van der Waals surface area contributed by atoms with Crippen LogP contribution in [0.15, 0.2) is 30.3 Å². The van der Waals surface area contributed by atoms with Crippen LogP contribution >= 0.6 is 0 Å². The molecule has 2 rings (SSSR count). The van der Waals surface area contributed by atoms with Gasteiger partial charge in [-0.15, -0.1) is 0 Å². The number of amides is 2. The highest BCUT2D eigenvalue weighted by molar-refractivity contribution is 5.89. The molecule has 4 nitrogen and oxygen atoms in total. The van der Waals surface area contributed by atoms with Crippen molar-refractivity contribution in [1.82, 2.24) is 10.2 Å². The van der Waals surface area contributed by atoms with E-state index < -0.39 is 0 Å². The second kappa shape index (κ2) is 5.67. The number of carbonyl (C=O) groups is 2. The number of benzene rings is 1. The van der Waals surface area contributed by atoms with Gasteiger partial charge in [-0.25, -0.2) is 0 Å². The lowest BCUT2D eigenvalue weighted by Gasteiger charge is -2.13. The van der Waals surface area contributed by atoms with Gasteiger partial charge >= 0.3 is 0 Å². The standard InChI is InChI=1S/C14H18N2O2/c1-2-16-10-12(8-13(16)17)14(18)15-9-11-6-4-3-5-7-11/h3-7,12H,2,8-10H2,1H3,(H,15,18). The van der Waals surface area contributed by atoms with Crippen LogP contribution in [-0.2, 0) is 16.1 Å². The molecule has 0 bridgehead atoms. The molecule has 1 aromatic carbocycles. The van der Waals surface area contributed by atoms with Gasteiger partial charge < -0.3 is 10.2 Å². The number of hydrogen-bond acceptors (Lipinski definition) is 2. The summed E-state index contributed by atoms with van der Waals surface area (Å²) in [6.07, 6.45) is 0.342. The molecule has 1 atom stereocenters. The molecular formula is C14H18N2O2. The molecule has 96 valence electrons. The molecule has 1 unspecified atom stereocenters. The summed E-state index contributed by atoms with van der Waals surface area (Å²) < 4.78 is 0. The van der Waals surface area contributed by atoms with Crippen molar-refractivity contribution in [2.24, 2.45) is 5.92 Å². The van der Waals surface area contributed by atoms with E-state index >= 15 is 0 Å². The van der Waals surface area contributed by atoms with Gasteiger partial charge in [0.05, 0.1) is 5.92 Å². The third kappa shape index (κ3) is 2.88. The van der Waals surface area contributed by atoms with Crippen LogP contribution in [-0.4, -0.2) is 29.8 Å². The van der Waals surface area contributed by atoms with Gasteiger partial charge in [-0.3, -0.25) is 9.59 Å².